The highest BCUT2D eigenvalue weighted by Crippen LogP contribution is 2.29. The Bertz CT molecular complexity index is 740. The fourth-order valence-corrected chi connectivity index (χ4v) is 4.44. The molecule has 0 saturated carbocycles. The predicted octanol–water partition coefficient (Wildman–Crippen LogP) is 3.14. The number of hydrogen-bond acceptors (Lipinski definition) is 5. The molecule has 0 unspecified atom stereocenters. The lowest BCUT2D eigenvalue weighted by Gasteiger charge is -2.11. The lowest BCUT2D eigenvalue weighted by Crippen LogP contribution is -2.30. The van der Waals surface area contributed by atoms with Gasteiger partial charge in [-0.25, -0.2) is 4.98 Å². The number of amides is 1. The van der Waals surface area contributed by atoms with E-state index in [9.17, 15) is 4.79 Å². The van der Waals surface area contributed by atoms with Crippen molar-refractivity contribution in [1.82, 2.24) is 20.1 Å². The maximum Gasteiger partial charge on any atom is 0.238 e. The third-order valence-corrected chi connectivity index (χ3v) is 6.09. The number of nitrogens with one attached hydrogen (secondary N) is 2. The van der Waals surface area contributed by atoms with E-state index in [1.807, 2.05) is 25.5 Å². The summed E-state index contributed by atoms with van der Waals surface area (Å²) in [6.07, 6.45) is 4.76. The normalized spacial score (nSPS) is 15.0. The highest BCUT2D eigenvalue weighted by atomic mass is 32.1. The Balaban J connectivity index is 1.57. The average molecular weight is 362 g/mol. The first-order valence-electron chi connectivity index (χ1n) is 9.05. The molecule has 3 rings (SSSR count). The summed E-state index contributed by atoms with van der Waals surface area (Å²) >= 11 is 1.79. The molecule has 6 nitrogen and oxygen atoms in total. The number of hydrogen-bond donors (Lipinski definition) is 2. The number of rotatable bonds is 6. The van der Waals surface area contributed by atoms with Gasteiger partial charge in [-0.15, -0.1) is 11.3 Å². The zero-order chi connectivity index (χ0) is 18.0. The molecule has 25 heavy (non-hydrogen) atoms. The SMILES string of the molecule is CCn1nc(C)c(NC(=O)CN[C@H](C)c2nc3c(s2)CCCC3)c1C. The summed E-state index contributed by atoms with van der Waals surface area (Å²) in [5.74, 6) is -0.0463. The third-order valence-electron chi connectivity index (χ3n) is 4.75. The standard InChI is InChI=1S/C18H27N5OS/c1-5-23-13(4)17(11(2)22-23)21-16(24)10-19-12(3)18-20-14-8-6-7-9-15(14)25-18/h12,19H,5-10H2,1-4H3,(H,21,24)/t12-/m1/s1. The Morgan fingerprint density at radius 1 is 1.32 bits per heavy atom. The summed E-state index contributed by atoms with van der Waals surface area (Å²) in [4.78, 5) is 18.5. The number of aromatic nitrogens is 3. The second-order valence-corrected chi connectivity index (χ2v) is 7.76. The molecule has 0 aromatic carbocycles. The monoisotopic (exact) mass is 361 g/mol. The predicted molar refractivity (Wildman–Crippen MR) is 101 cm³/mol. The number of fused-ring (bicyclic) bond motifs is 1. The van der Waals surface area contributed by atoms with Crippen molar-refractivity contribution in [2.24, 2.45) is 0 Å². The minimum atomic E-state index is -0.0463. The molecule has 0 radical (unpaired) electrons. The topological polar surface area (TPSA) is 71.8 Å². The molecule has 1 atom stereocenters. The fraction of sp³-hybridized carbons (Fsp3) is 0.611. The van der Waals surface area contributed by atoms with Gasteiger partial charge in [0.15, 0.2) is 0 Å². The zero-order valence-corrected chi connectivity index (χ0v) is 16.3. The molecular weight excluding hydrogens is 334 g/mol. The molecule has 0 fully saturated rings. The molecular formula is C18H27N5OS. The molecule has 7 heteroatoms. The molecule has 0 bridgehead atoms. The van der Waals surface area contributed by atoms with Gasteiger partial charge in [-0.1, -0.05) is 0 Å². The molecule has 1 aliphatic rings. The van der Waals surface area contributed by atoms with Gasteiger partial charge in [0.2, 0.25) is 5.91 Å². The Morgan fingerprint density at radius 2 is 2.08 bits per heavy atom. The quantitative estimate of drug-likeness (QED) is 0.829. The van der Waals surface area contributed by atoms with Crippen molar-refractivity contribution in [3.8, 4) is 0 Å². The summed E-state index contributed by atoms with van der Waals surface area (Å²) in [5.41, 5.74) is 3.94. The van der Waals surface area contributed by atoms with Crippen LogP contribution < -0.4 is 10.6 Å². The van der Waals surface area contributed by atoms with E-state index in [4.69, 9.17) is 4.98 Å². The molecule has 1 amide bonds. The van der Waals surface area contributed by atoms with Crippen molar-refractivity contribution in [3.05, 3.63) is 27.0 Å². The van der Waals surface area contributed by atoms with Gasteiger partial charge < -0.3 is 5.32 Å². The van der Waals surface area contributed by atoms with Crippen molar-refractivity contribution < 1.29 is 4.79 Å². The van der Waals surface area contributed by atoms with E-state index in [-0.39, 0.29) is 18.5 Å². The number of aryl methyl sites for hydroxylation is 4. The molecule has 1 aliphatic carbocycles. The van der Waals surface area contributed by atoms with Crippen LogP contribution in [0.3, 0.4) is 0 Å². The molecule has 2 heterocycles. The summed E-state index contributed by atoms with van der Waals surface area (Å²) in [6.45, 7) is 9.08. The van der Waals surface area contributed by atoms with Gasteiger partial charge >= 0.3 is 0 Å². The number of carbonyl (C=O) groups is 1. The van der Waals surface area contributed by atoms with Gasteiger partial charge in [0, 0.05) is 11.4 Å². The van der Waals surface area contributed by atoms with Crippen molar-refractivity contribution in [3.63, 3.8) is 0 Å². The maximum absolute atomic E-state index is 12.3. The van der Waals surface area contributed by atoms with E-state index in [1.54, 1.807) is 11.3 Å². The minimum Gasteiger partial charge on any atom is -0.322 e. The summed E-state index contributed by atoms with van der Waals surface area (Å²) in [6, 6.07) is 0.0851. The molecule has 0 aliphatic heterocycles. The molecule has 2 aromatic rings. The molecule has 136 valence electrons. The lowest BCUT2D eigenvalue weighted by molar-refractivity contribution is -0.115. The van der Waals surface area contributed by atoms with E-state index >= 15 is 0 Å². The summed E-state index contributed by atoms with van der Waals surface area (Å²) < 4.78 is 1.90. The average Bonchev–Trinajstić information content (AvgIpc) is 3.15. The van der Waals surface area contributed by atoms with Crippen LogP contribution in [0.15, 0.2) is 0 Å². The van der Waals surface area contributed by atoms with Gasteiger partial charge in [0.1, 0.15) is 5.01 Å². The van der Waals surface area contributed by atoms with Crippen LogP contribution in [0.2, 0.25) is 0 Å². The van der Waals surface area contributed by atoms with Crippen LogP contribution in [0.4, 0.5) is 5.69 Å². The number of carbonyl (C=O) groups excluding carboxylic acids is 1. The fourth-order valence-electron chi connectivity index (χ4n) is 3.26. The lowest BCUT2D eigenvalue weighted by atomic mass is 10.0. The van der Waals surface area contributed by atoms with E-state index in [0.717, 1.165) is 41.5 Å². The van der Waals surface area contributed by atoms with Crippen molar-refractivity contribution in [2.75, 3.05) is 11.9 Å². The van der Waals surface area contributed by atoms with Crippen LogP contribution in [0.5, 0.6) is 0 Å². The van der Waals surface area contributed by atoms with E-state index in [1.165, 1.54) is 23.4 Å². The third kappa shape index (κ3) is 3.93. The highest BCUT2D eigenvalue weighted by Gasteiger charge is 2.19. The molecule has 0 saturated heterocycles. The maximum atomic E-state index is 12.3. The van der Waals surface area contributed by atoms with Crippen LogP contribution >= 0.6 is 11.3 Å². The zero-order valence-electron chi connectivity index (χ0n) is 15.5. The minimum absolute atomic E-state index is 0.0463. The highest BCUT2D eigenvalue weighted by molar-refractivity contribution is 7.11. The van der Waals surface area contributed by atoms with E-state index in [2.05, 4.69) is 22.7 Å². The number of nitrogens with zero attached hydrogens (tertiary/aromatic N) is 3. The second kappa shape index (κ2) is 7.66. The second-order valence-electron chi connectivity index (χ2n) is 6.64. The Kier molecular flexibility index (Phi) is 5.54. The van der Waals surface area contributed by atoms with Crippen LogP contribution in [0.25, 0.3) is 0 Å². The first kappa shape index (κ1) is 18.1. The summed E-state index contributed by atoms with van der Waals surface area (Å²) in [5, 5.41) is 11.8. The van der Waals surface area contributed by atoms with Crippen molar-refractivity contribution >= 4 is 22.9 Å². The first-order valence-corrected chi connectivity index (χ1v) is 9.87. The Morgan fingerprint density at radius 3 is 2.76 bits per heavy atom. The van der Waals surface area contributed by atoms with Gasteiger partial charge in [-0.2, -0.15) is 5.10 Å². The Hall–Kier alpha value is -1.73. The van der Waals surface area contributed by atoms with E-state index in [0.29, 0.717) is 0 Å². The molecule has 2 aromatic heterocycles. The smallest absolute Gasteiger partial charge is 0.238 e. The van der Waals surface area contributed by atoms with Crippen molar-refractivity contribution in [1.29, 1.82) is 0 Å². The number of anilines is 1. The van der Waals surface area contributed by atoms with Crippen LogP contribution in [-0.2, 0) is 24.2 Å². The van der Waals surface area contributed by atoms with Crippen LogP contribution in [-0.4, -0.2) is 27.2 Å². The first-order chi connectivity index (χ1) is 12.0. The molecule has 0 spiro atoms. The van der Waals surface area contributed by atoms with Gasteiger partial charge in [-0.3, -0.25) is 14.8 Å². The van der Waals surface area contributed by atoms with Crippen molar-refractivity contribution in [2.45, 2.75) is 66.0 Å². The van der Waals surface area contributed by atoms with Crippen LogP contribution in [0, 0.1) is 13.8 Å². The van der Waals surface area contributed by atoms with Gasteiger partial charge in [-0.05, 0) is 53.4 Å². The Labute approximate surface area is 153 Å². The largest absolute Gasteiger partial charge is 0.322 e. The van der Waals surface area contributed by atoms with Gasteiger partial charge in [0.05, 0.1) is 35.4 Å². The van der Waals surface area contributed by atoms with E-state index < -0.39 is 0 Å². The van der Waals surface area contributed by atoms with Crippen LogP contribution in [0.1, 0.15) is 59.7 Å². The molecule has 2 N–H and O–H groups in total. The number of thiazole rings is 1. The van der Waals surface area contributed by atoms with Gasteiger partial charge in [0.25, 0.3) is 0 Å². The summed E-state index contributed by atoms with van der Waals surface area (Å²) in [7, 11) is 0.